The van der Waals surface area contributed by atoms with E-state index in [2.05, 4.69) is 83.9 Å². The first-order valence-electron chi connectivity index (χ1n) is 15.9. The summed E-state index contributed by atoms with van der Waals surface area (Å²) in [5.74, 6) is 3.68. The highest BCUT2D eigenvalue weighted by Crippen LogP contribution is 2.13. The van der Waals surface area contributed by atoms with E-state index in [0.717, 1.165) is 57.1 Å². The van der Waals surface area contributed by atoms with Crippen LogP contribution in [0.15, 0.2) is 0 Å². The molecule has 0 N–H and O–H groups in total. The lowest BCUT2D eigenvalue weighted by molar-refractivity contribution is 0.0290. The summed E-state index contributed by atoms with van der Waals surface area (Å²) in [6.45, 7) is 36.7. The number of unbranched alkanes of at least 4 members (excludes halogenated alkanes) is 1. The van der Waals surface area contributed by atoms with Crippen molar-refractivity contribution in [3.8, 4) is 0 Å². The second-order valence-corrected chi connectivity index (χ2v) is 13.2. The van der Waals surface area contributed by atoms with Crippen LogP contribution < -0.4 is 0 Å². The smallest absolute Gasteiger partial charge is 0.0701 e. The predicted octanol–water partition coefficient (Wildman–Crippen LogP) is 6.77. The first kappa shape index (κ1) is 36.8. The summed E-state index contributed by atoms with van der Waals surface area (Å²) < 4.78 is 11.8. The Hall–Kier alpha value is -0.200. The molecule has 0 aliphatic carbocycles. The van der Waals surface area contributed by atoms with Gasteiger partial charge in [0.1, 0.15) is 0 Å². The first-order valence-corrected chi connectivity index (χ1v) is 15.9. The molecule has 1 unspecified atom stereocenters. The summed E-state index contributed by atoms with van der Waals surface area (Å²) in [5, 5.41) is 0. The summed E-state index contributed by atoms with van der Waals surface area (Å²) in [6.07, 6.45) is 5.18. The van der Waals surface area contributed by atoms with Crippen LogP contribution in [0.25, 0.3) is 0 Å². The van der Waals surface area contributed by atoms with Crippen LogP contribution in [-0.2, 0) is 9.47 Å². The summed E-state index contributed by atoms with van der Waals surface area (Å²) in [4.78, 5) is 7.82. The largest absolute Gasteiger partial charge is 0.378 e. The van der Waals surface area contributed by atoms with Crippen LogP contribution in [0.4, 0.5) is 0 Å². The van der Waals surface area contributed by atoms with E-state index < -0.39 is 0 Å². The highest BCUT2D eigenvalue weighted by Gasteiger charge is 2.14. The second kappa shape index (κ2) is 23.7. The van der Waals surface area contributed by atoms with E-state index in [9.17, 15) is 0 Å². The quantitative estimate of drug-likeness (QED) is 0.116. The molecule has 0 aromatic heterocycles. The van der Waals surface area contributed by atoms with Gasteiger partial charge < -0.3 is 24.2 Å². The van der Waals surface area contributed by atoms with Gasteiger partial charge in [-0.1, -0.05) is 75.7 Å². The molecule has 0 spiro atoms. The topological polar surface area (TPSA) is 28.2 Å². The molecule has 5 heteroatoms. The minimum Gasteiger partial charge on any atom is -0.378 e. The van der Waals surface area contributed by atoms with E-state index in [-0.39, 0.29) is 0 Å². The third-order valence-corrected chi connectivity index (χ3v) is 6.50. The van der Waals surface area contributed by atoms with Gasteiger partial charge in [0.05, 0.1) is 26.4 Å². The number of nitrogens with zero attached hydrogens (tertiary/aromatic N) is 3. The van der Waals surface area contributed by atoms with Gasteiger partial charge in [-0.15, -0.1) is 0 Å². The third kappa shape index (κ3) is 24.6. The normalized spacial score (nSPS) is 13.5. The van der Waals surface area contributed by atoms with Gasteiger partial charge in [-0.05, 0) is 61.9 Å². The summed E-state index contributed by atoms with van der Waals surface area (Å²) >= 11 is 0. The van der Waals surface area contributed by atoms with Crippen LogP contribution in [0.1, 0.15) is 94.9 Å². The van der Waals surface area contributed by atoms with Crippen molar-refractivity contribution in [3.63, 3.8) is 0 Å². The van der Waals surface area contributed by atoms with E-state index in [1.165, 1.54) is 58.4 Å². The van der Waals surface area contributed by atoms with E-state index in [1.807, 2.05) is 0 Å². The number of ether oxygens (including phenoxy) is 2. The molecule has 1 atom stereocenters. The molecule has 0 saturated carbocycles. The molecule has 0 radical (unpaired) electrons. The lowest BCUT2D eigenvalue weighted by atomic mass is 10.0. The first-order chi connectivity index (χ1) is 17.5. The lowest BCUT2D eigenvalue weighted by Crippen LogP contribution is -2.35. The van der Waals surface area contributed by atoms with Crippen LogP contribution in [-0.4, -0.2) is 100 Å². The minimum atomic E-state index is 0.700. The number of rotatable bonds is 26. The molecule has 0 saturated heterocycles. The standard InChI is InChI=1S/C32H69N3O2/c1-11-15-33(16-13-12-14-32(10)27-35(25-30(6)7)26-31(8)9)17-19-36-21-22-37-20-18-34(23-28(2)3)24-29(4)5/h28-32H,11-27H2,1-10H3. The Balaban J connectivity index is 4.01. The highest BCUT2D eigenvalue weighted by molar-refractivity contribution is 4.67. The molecule has 0 rings (SSSR count). The summed E-state index contributed by atoms with van der Waals surface area (Å²) in [7, 11) is 0. The van der Waals surface area contributed by atoms with Gasteiger partial charge in [0, 0.05) is 45.8 Å². The zero-order valence-corrected chi connectivity index (χ0v) is 27.1. The van der Waals surface area contributed by atoms with Crippen molar-refractivity contribution < 1.29 is 9.47 Å². The van der Waals surface area contributed by atoms with Gasteiger partial charge in [-0.3, -0.25) is 0 Å². The maximum atomic E-state index is 5.91. The van der Waals surface area contributed by atoms with Gasteiger partial charge in [0.25, 0.3) is 0 Å². The molecule has 0 bridgehead atoms. The Kier molecular flexibility index (Phi) is 23.5. The molecular weight excluding hydrogens is 458 g/mol. The van der Waals surface area contributed by atoms with Crippen LogP contribution >= 0.6 is 0 Å². The molecule has 37 heavy (non-hydrogen) atoms. The fourth-order valence-corrected chi connectivity index (χ4v) is 5.27. The van der Waals surface area contributed by atoms with Crippen molar-refractivity contribution in [1.29, 1.82) is 0 Å². The average Bonchev–Trinajstić information content (AvgIpc) is 2.76. The van der Waals surface area contributed by atoms with Crippen molar-refractivity contribution in [2.24, 2.45) is 29.6 Å². The molecular formula is C32H69N3O2. The maximum absolute atomic E-state index is 5.91. The molecule has 5 nitrogen and oxygen atoms in total. The van der Waals surface area contributed by atoms with Crippen molar-refractivity contribution in [2.75, 3.05) is 85.3 Å². The van der Waals surface area contributed by atoms with Crippen LogP contribution in [0, 0.1) is 29.6 Å². The molecule has 0 aliphatic rings. The SMILES string of the molecule is CCCN(CCCCC(C)CN(CC(C)C)CC(C)C)CCOCCOCCN(CC(C)C)CC(C)C. The molecule has 0 heterocycles. The third-order valence-electron chi connectivity index (χ3n) is 6.50. The Morgan fingerprint density at radius 1 is 0.459 bits per heavy atom. The van der Waals surface area contributed by atoms with E-state index >= 15 is 0 Å². The fourth-order valence-electron chi connectivity index (χ4n) is 5.27. The Morgan fingerprint density at radius 2 is 0.919 bits per heavy atom. The van der Waals surface area contributed by atoms with Crippen molar-refractivity contribution in [2.45, 2.75) is 94.9 Å². The Bertz CT molecular complexity index is 465. The molecule has 224 valence electrons. The second-order valence-electron chi connectivity index (χ2n) is 13.2. The Morgan fingerprint density at radius 3 is 1.38 bits per heavy atom. The van der Waals surface area contributed by atoms with Gasteiger partial charge in [-0.2, -0.15) is 0 Å². The van der Waals surface area contributed by atoms with Gasteiger partial charge in [0.15, 0.2) is 0 Å². The van der Waals surface area contributed by atoms with Crippen molar-refractivity contribution in [1.82, 2.24) is 14.7 Å². The van der Waals surface area contributed by atoms with Gasteiger partial charge in [-0.25, -0.2) is 0 Å². The summed E-state index contributed by atoms with van der Waals surface area (Å²) in [5.41, 5.74) is 0. The van der Waals surface area contributed by atoms with E-state index in [4.69, 9.17) is 9.47 Å². The van der Waals surface area contributed by atoms with Crippen LogP contribution in [0.2, 0.25) is 0 Å². The zero-order valence-electron chi connectivity index (χ0n) is 27.1. The molecule has 0 aromatic rings. The zero-order chi connectivity index (χ0) is 28.1. The number of hydrogen-bond acceptors (Lipinski definition) is 5. The highest BCUT2D eigenvalue weighted by atomic mass is 16.5. The van der Waals surface area contributed by atoms with Gasteiger partial charge in [0.2, 0.25) is 0 Å². The fraction of sp³-hybridized carbons (Fsp3) is 1.00. The monoisotopic (exact) mass is 528 g/mol. The molecule has 0 aliphatic heterocycles. The van der Waals surface area contributed by atoms with E-state index in [0.29, 0.717) is 25.0 Å². The number of hydrogen-bond donors (Lipinski definition) is 0. The molecule has 0 fully saturated rings. The van der Waals surface area contributed by atoms with Crippen LogP contribution in [0.3, 0.4) is 0 Å². The van der Waals surface area contributed by atoms with Crippen molar-refractivity contribution in [3.05, 3.63) is 0 Å². The van der Waals surface area contributed by atoms with Crippen LogP contribution in [0.5, 0.6) is 0 Å². The molecule has 0 aromatic carbocycles. The molecule has 0 amide bonds. The van der Waals surface area contributed by atoms with Crippen molar-refractivity contribution >= 4 is 0 Å². The Labute approximate surface area is 234 Å². The van der Waals surface area contributed by atoms with Gasteiger partial charge >= 0.3 is 0 Å². The lowest BCUT2D eigenvalue weighted by Gasteiger charge is -2.29. The minimum absolute atomic E-state index is 0.700. The maximum Gasteiger partial charge on any atom is 0.0701 e. The van der Waals surface area contributed by atoms with E-state index in [1.54, 1.807) is 0 Å². The average molecular weight is 528 g/mol. The predicted molar refractivity (Wildman–Crippen MR) is 164 cm³/mol. The summed E-state index contributed by atoms with van der Waals surface area (Å²) in [6, 6.07) is 0.